The van der Waals surface area contributed by atoms with E-state index < -0.39 is 0 Å². The number of rotatable bonds is 3. The molecule has 0 aromatic carbocycles. The molecule has 1 N–H and O–H groups in total. The predicted octanol–water partition coefficient (Wildman–Crippen LogP) is 3.06. The first-order valence-corrected chi connectivity index (χ1v) is 5.22. The highest BCUT2D eigenvalue weighted by molar-refractivity contribution is 5.94. The van der Waals surface area contributed by atoms with Crippen molar-refractivity contribution in [3.05, 3.63) is 24.4 Å². The maximum absolute atomic E-state index is 11.6. The topological polar surface area (TPSA) is 29.1 Å². The number of allylic oxidation sites excluding steroid dienone is 2. The number of ketones is 1. The Balaban J connectivity index is 4.32. The molecule has 0 fully saturated rings. The molecule has 0 aromatic rings. The Hall–Kier alpha value is -1.05. The van der Waals surface area contributed by atoms with Crippen molar-refractivity contribution >= 4 is 5.78 Å². The summed E-state index contributed by atoms with van der Waals surface area (Å²) in [6, 6.07) is 0. The zero-order chi connectivity index (χ0) is 12.3. The largest absolute Gasteiger partial charge is 0.381 e. The van der Waals surface area contributed by atoms with Gasteiger partial charge in [-0.25, -0.2) is 0 Å². The molecule has 0 saturated heterocycles. The highest BCUT2D eigenvalue weighted by Crippen LogP contribution is 2.15. The fraction of sp³-hybridized carbons (Fsp3) is 0.615. The van der Waals surface area contributed by atoms with Gasteiger partial charge in [0.15, 0.2) is 5.78 Å². The number of nitrogens with one attached hydrogen (secondary N) is 1. The van der Waals surface area contributed by atoms with Crippen LogP contribution in [-0.2, 0) is 4.79 Å². The molecule has 0 unspecified atom stereocenters. The molecule has 15 heavy (non-hydrogen) atoms. The summed E-state index contributed by atoms with van der Waals surface area (Å²) in [5.74, 6) is 0.111. The van der Waals surface area contributed by atoms with Crippen LogP contribution in [0.3, 0.4) is 0 Å². The van der Waals surface area contributed by atoms with Crippen molar-refractivity contribution in [3.8, 4) is 0 Å². The molecule has 0 rings (SSSR count). The van der Waals surface area contributed by atoms with Crippen LogP contribution in [0.5, 0.6) is 0 Å². The number of carbonyl (C=O) groups is 1. The maximum atomic E-state index is 11.6. The van der Waals surface area contributed by atoms with E-state index in [1.165, 1.54) is 0 Å². The van der Waals surface area contributed by atoms with Crippen LogP contribution in [0.25, 0.3) is 0 Å². The molecule has 0 aromatic heterocycles. The van der Waals surface area contributed by atoms with Gasteiger partial charge in [-0.2, -0.15) is 0 Å². The average molecular weight is 209 g/mol. The fourth-order valence-corrected chi connectivity index (χ4v) is 0.950. The smallest absolute Gasteiger partial charge is 0.161 e. The molecule has 0 saturated carbocycles. The summed E-state index contributed by atoms with van der Waals surface area (Å²) in [6.07, 6.45) is 3.32. The second-order valence-corrected chi connectivity index (χ2v) is 5.85. The molecule has 2 heteroatoms. The van der Waals surface area contributed by atoms with Gasteiger partial charge in [0.2, 0.25) is 0 Å². The predicted molar refractivity (Wildman–Crippen MR) is 65.6 cm³/mol. The summed E-state index contributed by atoms with van der Waals surface area (Å²) in [5.41, 5.74) is 0.421. The van der Waals surface area contributed by atoms with Gasteiger partial charge >= 0.3 is 0 Å². The Morgan fingerprint density at radius 2 is 1.53 bits per heavy atom. The Labute approximate surface area is 93.5 Å². The molecule has 0 atom stereocenters. The molecule has 0 heterocycles. The van der Waals surface area contributed by atoms with E-state index in [0.717, 1.165) is 5.70 Å². The van der Waals surface area contributed by atoms with Crippen molar-refractivity contribution in [2.45, 2.75) is 47.1 Å². The van der Waals surface area contributed by atoms with Crippen molar-refractivity contribution in [2.75, 3.05) is 0 Å². The third kappa shape index (κ3) is 6.95. The minimum absolute atomic E-state index is 0.0216. The minimum atomic E-state index is -0.321. The van der Waals surface area contributed by atoms with Gasteiger partial charge in [-0.05, 0) is 32.9 Å². The zero-order valence-electron chi connectivity index (χ0n) is 10.8. The molecule has 0 spiro atoms. The summed E-state index contributed by atoms with van der Waals surface area (Å²) in [6.45, 7) is 15.7. The minimum Gasteiger partial charge on any atom is -0.381 e. The van der Waals surface area contributed by atoms with Gasteiger partial charge in [0.05, 0.1) is 0 Å². The van der Waals surface area contributed by atoms with E-state index in [9.17, 15) is 4.79 Å². The van der Waals surface area contributed by atoms with Crippen LogP contribution in [0.4, 0.5) is 0 Å². The van der Waals surface area contributed by atoms with Crippen LogP contribution in [0.15, 0.2) is 24.4 Å². The van der Waals surface area contributed by atoms with Crippen LogP contribution < -0.4 is 5.32 Å². The highest BCUT2D eigenvalue weighted by Gasteiger charge is 2.18. The molecule has 0 aliphatic carbocycles. The van der Waals surface area contributed by atoms with E-state index >= 15 is 0 Å². The maximum Gasteiger partial charge on any atom is 0.161 e. The van der Waals surface area contributed by atoms with Gasteiger partial charge in [-0.1, -0.05) is 27.4 Å². The van der Waals surface area contributed by atoms with E-state index in [1.54, 1.807) is 12.2 Å². The van der Waals surface area contributed by atoms with Gasteiger partial charge in [0, 0.05) is 16.7 Å². The first kappa shape index (κ1) is 13.9. The second kappa shape index (κ2) is 4.65. The van der Waals surface area contributed by atoms with Gasteiger partial charge in [0.1, 0.15) is 0 Å². The molecule has 0 aliphatic heterocycles. The number of carbonyl (C=O) groups excluding carboxylic acids is 1. The first-order valence-electron chi connectivity index (χ1n) is 5.22. The molecular weight excluding hydrogens is 186 g/mol. The highest BCUT2D eigenvalue weighted by atomic mass is 16.1. The van der Waals surface area contributed by atoms with E-state index in [1.807, 2.05) is 20.8 Å². The van der Waals surface area contributed by atoms with E-state index in [4.69, 9.17) is 0 Å². The molecule has 2 nitrogen and oxygen atoms in total. The van der Waals surface area contributed by atoms with Crippen molar-refractivity contribution in [2.24, 2.45) is 5.41 Å². The summed E-state index contributed by atoms with van der Waals surface area (Å²) in [4.78, 5) is 11.6. The lowest BCUT2D eigenvalue weighted by Crippen LogP contribution is -2.34. The average Bonchev–Trinajstić information content (AvgIpc) is 1.94. The lowest BCUT2D eigenvalue weighted by atomic mass is 9.90. The standard InChI is InChI=1S/C13H23NO/c1-10(14-13(5,6)7)8-9-11(15)12(2,3)4/h8-9,14H,1H2,2-7H3. The Morgan fingerprint density at radius 1 is 1.07 bits per heavy atom. The molecule has 0 amide bonds. The van der Waals surface area contributed by atoms with Gasteiger partial charge in [-0.15, -0.1) is 0 Å². The first-order chi connectivity index (χ1) is 6.52. The molecule has 0 aliphatic rings. The van der Waals surface area contributed by atoms with Crippen LogP contribution in [-0.4, -0.2) is 11.3 Å². The zero-order valence-corrected chi connectivity index (χ0v) is 10.8. The molecule has 86 valence electrons. The molecular formula is C13H23NO. The monoisotopic (exact) mass is 209 g/mol. The third-order valence-corrected chi connectivity index (χ3v) is 1.71. The Kier molecular flexibility index (Phi) is 4.32. The van der Waals surface area contributed by atoms with Crippen LogP contribution in [0, 0.1) is 5.41 Å². The summed E-state index contributed by atoms with van der Waals surface area (Å²) in [7, 11) is 0. The van der Waals surface area contributed by atoms with Crippen LogP contribution in [0.1, 0.15) is 41.5 Å². The van der Waals surface area contributed by atoms with Crippen molar-refractivity contribution < 1.29 is 4.79 Å². The Morgan fingerprint density at radius 3 is 1.87 bits per heavy atom. The quantitative estimate of drug-likeness (QED) is 0.571. The second-order valence-electron chi connectivity index (χ2n) is 5.85. The Bertz CT molecular complexity index is 274. The summed E-state index contributed by atoms with van der Waals surface area (Å²) < 4.78 is 0. The SMILES string of the molecule is C=C(C=CC(=O)C(C)(C)C)NC(C)(C)C. The number of hydrogen-bond acceptors (Lipinski definition) is 2. The fourth-order valence-electron chi connectivity index (χ4n) is 0.950. The van der Waals surface area contributed by atoms with E-state index in [2.05, 4.69) is 32.7 Å². The van der Waals surface area contributed by atoms with Crippen molar-refractivity contribution in [1.29, 1.82) is 0 Å². The molecule has 0 radical (unpaired) electrons. The van der Waals surface area contributed by atoms with Crippen molar-refractivity contribution in [3.63, 3.8) is 0 Å². The van der Waals surface area contributed by atoms with Gasteiger partial charge < -0.3 is 5.32 Å². The van der Waals surface area contributed by atoms with E-state index in [0.29, 0.717) is 0 Å². The van der Waals surface area contributed by atoms with Gasteiger partial charge in [0.25, 0.3) is 0 Å². The third-order valence-electron chi connectivity index (χ3n) is 1.71. The van der Waals surface area contributed by atoms with Crippen molar-refractivity contribution in [1.82, 2.24) is 5.32 Å². The van der Waals surface area contributed by atoms with Crippen LogP contribution >= 0.6 is 0 Å². The summed E-state index contributed by atoms with van der Waals surface area (Å²) >= 11 is 0. The molecule has 0 bridgehead atoms. The van der Waals surface area contributed by atoms with Crippen LogP contribution in [0.2, 0.25) is 0 Å². The normalized spacial score (nSPS) is 12.9. The lowest BCUT2D eigenvalue weighted by Gasteiger charge is -2.22. The number of hydrogen-bond donors (Lipinski definition) is 1. The summed E-state index contributed by atoms with van der Waals surface area (Å²) in [5, 5.41) is 3.19. The van der Waals surface area contributed by atoms with E-state index in [-0.39, 0.29) is 16.7 Å². The lowest BCUT2D eigenvalue weighted by molar-refractivity contribution is -0.121. The van der Waals surface area contributed by atoms with Gasteiger partial charge in [-0.3, -0.25) is 4.79 Å².